The molecule has 1 rings (SSSR count). The molecule has 0 spiro atoms. The van der Waals surface area contributed by atoms with Crippen LogP contribution in [0.25, 0.3) is 0 Å². The Kier molecular flexibility index (Phi) is 4.80. The smallest absolute Gasteiger partial charge is 0.246 e. The first-order chi connectivity index (χ1) is 8.17. The van der Waals surface area contributed by atoms with Crippen LogP contribution in [0.15, 0.2) is 4.90 Å². The maximum atomic E-state index is 12.4. The summed E-state index contributed by atoms with van der Waals surface area (Å²) in [6, 6.07) is 0. The fourth-order valence-electron chi connectivity index (χ4n) is 1.76. The van der Waals surface area contributed by atoms with Crippen LogP contribution in [0, 0.1) is 13.8 Å². The van der Waals surface area contributed by atoms with Gasteiger partial charge in [-0.25, -0.2) is 12.7 Å². The van der Waals surface area contributed by atoms with Crippen LogP contribution in [-0.2, 0) is 17.1 Å². The predicted molar refractivity (Wildman–Crippen MR) is 72.4 cm³/mol. The molecule has 0 aliphatic carbocycles. The van der Waals surface area contributed by atoms with Gasteiger partial charge in [0.2, 0.25) is 10.0 Å². The number of sulfonamides is 1. The van der Waals surface area contributed by atoms with E-state index in [1.165, 1.54) is 4.31 Å². The van der Waals surface area contributed by atoms with Gasteiger partial charge >= 0.3 is 0 Å². The molecule has 0 aliphatic rings. The van der Waals surface area contributed by atoms with Crippen LogP contribution < -0.4 is 0 Å². The standard InChI is InChI=1S/C11H20ClN3O2S/c1-8(12)6-7-14(4)18(16,17)11-9(2)13-15(5)10(11)3/h8H,6-7H2,1-5H3. The van der Waals surface area contributed by atoms with Gasteiger partial charge in [0, 0.05) is 26.0 Å². The third kappa shape index (κ3) is 3.05. The Hall–Kier alpha value is -0.590. The number of rotatable bonds is 5. The maximum absolute atomic E-state index is 12.4. The first kappa shape index (κ1) is 15.5. The lowest BCUT2D eigenvalue weighted by Gasteiger charge is -2.18. The Morgan fingerprint density at radius 2 is 2.00 bits per heavy atom. The summed E-state index contributed by atoms with van der Waals surface area (Å²) in [5.41, 5.74) is 1.18. The second kappa shape index (κ2) is 5.59. The Balaban J connectivity index is 3.06. The second-order valence-electron chi connectivity index (χ2n) is 4.52. The van der Waals surface area contributed by atoms with E-state index >= 15 is 0 Å². The van der Waals surface area contributed by atoms with Gasteiger partial charge in [-0.1, -0.05) is 0 Å². The van der Waals surface area contributed by atoms with E-state index in [1.807, 2.05) is 6.92 Å². The van der Waals surface area contributed by atoms with Crippen LogP contribution >= 0.6 is 11.6 Å². The Morgan fingerprint density at radius 3 is 2.39 bits per heavy atom. The highest BCUT2D eigenvalue weighted by Gasteiger charge is 2.27. The van der Waals surface area contributed by atoms with E-state index in [0.717, 1.165) is 0 Å². The molecule has 0 saturated heterocycles. The van der Waals surface area contributed by atoms with Crippen LogP contribution in [-0.4, -0.2) is 41.5 Å². The zero-order chi connectivity index (χ0) is 14.1. The summed E-state index contributed by atoms with van der Waals surface area (Å²) in [6.45, 7) is 5.71. The maximum Gasteiger partial charge on any atom is 0.246 e. The molecule has 18 heavy (non-hydrogen) atoms. The van der Waals surface area contributed by atoms with E-state index in [-0.39, 0.29) is 5.38 Å². The molecule has 0 amide bonds. The summed E-state index contributed by atoms with van der Waals surface area (Å²) in [5, 5.41) is 4.10. The van der Waals surface area contributed by atoms with Crippen molar-refractivity contribution in [3.05, 3.63) is 11.4 Å². The zero-order valence-electron chi connectivity index (χ0n) is 11.4. The first-order valence-electron chi connectivity index (χ1n) is 5.78. The van der Waals surface area contributed by atoms with Gasteiger partial charge in [-0.2, -0.15) is 5.10 Å². The van der Waals surface area contributed by atoms with E-state index < -0.39 is 10.0 Å². The third-order valence-corrected chi connectivity index (χ3v) is 5.28. The van der Waals surface area contributed by atoms with Gasteiger partial charge in [0.05, 0.1) is 11.4 Å². The summed E-state index contributed by atoms with van der Waals surface area (Å²) in [5.74, 6) is 0. The van der Waals surface area contributed by atoms with Crippen molar-refractivity contribution in [3.63, 3.8) is 0 Å². The van der Waals surface area contributed by atoms with Crippen LogP contribution in [0.3, 0.4) is 0 Å². The summed E-state index contributed by atoms with van der Waals surface area (Å²) in [7, 11) is -0.176. The molecule has 0 aliphatic heterocycles. The van der Waals surface area contributed by atoms with Crippen LogP contribution in [0.1, 0.15) is 24.7 Å². The van der Waals surface area contributed by atoms with Crippen LogP contribution in [0.2, 0.25) is 0 Å². The van der Waals surface area contributed by atoms with Crippen molar-refractivity contribution in [2.45, 2.75) is 37.5 Å². The molecule has 5 nitrogen and oxygen atoms in total. The number of alkyl halides is 1. The molecule has 1 unspecified atom stereocenters. The summed E-state index contributed by atoms with van der Waals surface area (Å²) in [6.07, 6.45) is 0.621. The van der Waals surface area contributed by atoms with Crippen molar-refractivity contribution in [1.82, 2.24) is 14.1 Å². The number of hydrogen-bond acceptors (Lipinski definition) is 3. The number of aryl methyl sites for hydroxylation is 2. The number of halogens is 1. The van der Waals surface area contributed by atoms with Crippen molar-refractivity contribution in [1.29, 1.82) is 0 Å². The van der Waals surface area contributed by atoms with E-state index in [2.05, 4.69) is 5.10 Å². The largest absolute Gasteiger partial charge is 0.271 e. The second-order valence-corrected chi connectivity index (χ2v) is 7.25. The molecule has 0 aromatic carbocycles. The van der Waals surface area contributed by atoms with E-state index in [4.69, 9.17) is 11.6 Å². The van der Waals surface area contributed by atoms with Crippen molar-refractivity contribution >= 4 is 21.6 Å². The average molecular weight is 294 g/mol. The summed E-state index contributed by atoms with van der Waals surface area (Å²) in [4.78, 5) is 0.301. The van der Waals surface area contributed by atoms with Gasteiger partial charge in [0.1, 0.15) is 4.90 Å². The van der Waals surface area contributed by atoms with Gasteiger partial charge in [-0.15, -0.1) is 11.6 Å². The molecule has 1 atom stereocenters. The predicted octanol–water partition coefficient (Wildman–Crippen LogP) is 1.67. The molecule has 0 fully saturated rings. The Bertz CT molecular complexity index is 523. The topological polar surface area (TPSA) is 55.2 Å². The third-order valence-electron chi connectivity index (χ3n) is 2.95. The summed E-state index contributed by atoms with van der Waals surface area (Å²) < 4.78 is 27.8. The quantitative estimate of drug-likeness (QED) is 0.776. The minimum Gasteiger partial charge on any atom is -0.271 e. The zero-order valence-corrected chi connectivity index (χ0v) is 13.0. The average Bonchev–Trinajstić information content (AvgIpc) is 2.49. The van der Waals surface area contributed by atoms with Crippen molar-refractivity contribution in [2.24, 2.45) is 7.05 Å². The molecule has 7 heteroatoms. The van der Waals surface area contributed by atoms with Gasteiger partial charge in [-0.3, -0.25) is 4.68 Å². The number of hydrogen-bond donors (Lipinski definition) is 0. The molecule has 1 aromatic heterocycles. The van der Waals surface area contributed by atoms with Crippen molar-refractivity contribution in [3.8, 4) is 0 Å². The molecule has 1 aromatic rings. The molecule has 0 N–H and O–H groups in total. The van der Waals surface area contributed by atoms with Crippen molar-refractivity contribution in [2.75, 3.05) is 13.6 Å². The Labute approximate surface area is 114 Å². The minimum atomic E-state index is -3.48. The Morgan fingerprint density at radius 1 is 1.44 bits per heavy atom. The first-order valence-corrected chi connectivity index (χ1v) is 7.66. The summed E-state index contributed by atoms with van der Waals surface area (Å²) >= 11 is 5.85. The van der Waals surface area contributed by atoms with Gasteiger partial charge in [0.15, 0.2) is 0 Å². The molecular formula is C11H20ClN3O2S. The lowest BCUT2D eigenvalue weighted by molar-refractivity contribution is 0.459. The fourth-order valence-corrected chi connectivity index (χ4v) is 3.44. The fraction of sp³-hybridized carbons (Fsp3) is 0.727. The highest BCUT2D eigenvalue weighted by atomic mass is 35.5. The monoisotopic (exact) mass is 293 g/mol. The lowest BCUT2D eigenvalue weighted by Crippen LogP contribution is -2.29. The van der Waals surface area contributed by atoms with E-state index in [1.54, 1.807) is 32.6 Å². The van der Waals surface area contributed by atoms with Gasteiger partial charge in [0.25, 0.3) is 0 Å². The highest BCUT2D eigenvalue weighted by Crippen LogP contribution is 2.22. The molecule has 0 radical (unpaired) electrons. The normalized spacial score (nSPS) is 14.2. The minimum absolute atomic E-state index is 0.0428. The lowest BCUT2D eigenvalue weighted by atomic mass is 10.3. The van der Waals surface area contributed by atoms with Gasteiger partial charge < -0.3 is 0 Å². The molecule has 1 heterocycles. The van der Waals surface area contributed by atoms with Crippen LogP contribution in [0.5, 0.6) is 0 Å². The van der Waals surface area contributed by atoms with Crippen LogP contribution in [0.4, 0.5) is 0 Å². The highest BCUT2D eigenvalue weighted by molar-refractivity contribution is 7.89. The molecule has 0 bridgehead atoms. The molecule has 104 valence electrons. The van der Waals surface area contributed by atoms with Crippen molar-refractivity contribution < 1.29 is 8.42 Å². The number of aromatic nitrogens is 2. The van der Waals surface area contributed by atoms with E-state index in [9.17, 15) is 8.42 Å². The van der Waals surface area contributed by atoms with E-state index in [0.29, 0.717) is 29.2 Å². The van der Waals surface area contributed by atoms with Gasteiger partial charge in [-0.05, 0) is 27.2 Å². The number of nitrogens with zero attached hydrogens (tertiary/aromatic N) is 3. The SMILES string of the molecule is Cc1nn(C)c(C)c1S(=O)(=O)N(C)CCC(C)Cl. The molecular weight excluding hydrogens is 274 g/mol. The molecule has 0 saturated carbocycles.